The van der Waals surface area contributed by atoms with E-state index in [9.17, 15) is 0 Å². The molecule has 3 heteroatoms. The SMILES string of the molecule is COc1ccc2cccnc2c1CCN. The zero-order valence-electron chi connectivity index (χ0n) is 8.73. The van der Waals surface area contributed by atoms with Gasteiger partial charge in [-0.25, -0.2) is 0 Å². The van der Waals surface area contributed by atoms with Crippen molar-refractivity contribution in [2.45, 2.75) is 6.42 Å². The summed E-state index contributed by atoms with van der Waals surface area (Å²) in [5.41, 5.74) is 7.68. The third-order valence-corrected chi connectivity index (χ3v) is 2.45. The van der Waals surface area contributed by atoms with E-state index in [1.807, 2.05) is 24.3 Å². The lowest BCUT2D eigenvalue weighted by atomic mass is 10.1. The molecule has 0 saturated carbocycles. The number of rotatable bonds is 3. The molecule has 1 aromatic carbocycles. The molecule has 0 aliphatic heterocycles. The highest BCUT2D eigenvalue weighted by molar-refractivity contribution is 5.83. The molecule has 2 rings (SSSR count). The van der Waals surface area contributed by atoms with E-state index in [1.165, 1.54) is 0 Å². The quantitative estimate of drug-likeness (QED) is 0.824. The number of ether oxygens (including phenoxy) is 1. The predicted molar refractivity (Wildman–Crippen MR) is 61.1 cm³/mol. The van der Waals surface area contributed by atoms with Gasteiger partial charge in [-0.15, -0.1) is 0 Å². The fourth-order valence-corrected chi connectivity index (χ4v) is 1.76. The number of benzene rings is 1. The zero-order valence-corrected chi connectivity index (χ0v) is 8.73. The molecule has 2 aromatic rings. The van der Waals surface area contributed by atoms with Crippen LogP contribution >= 0.6 is 0 Å². The summed E-state index contributed by atoms with van der Waals surface area (Å²) >= 11 is 0. The smallest absolute Gasteiger partial charge is 0.124 e. The summed E-state index contributed by atoms with van der Waals surface area (Å²) in [4.78, 5) is 4.37. The zero-order chi connectivity index (χ0) is 10.7. The van der Waals surface area contributed by atoms with Crippen LogP contribution in [0, 0.1) is 0 Å². The molecule has 2 N–H and O–H groups in total. The second-order valence-corrected chi connectivity index (χ2v) is 3.36. The van der Waals surface area contributed by atoms with Crippen LogP contribution in [0.5, 0.6) is 5.75 Å². The van der Waals surface area contributed by atoms with Crippen molar-refractivity contribution in [1.29, 1.82) is 0 Å². The Morgan fingerprint density at radius 3 is 2.93 bits per heavy atom. The predicted octanol–water partition coefficient (Wildman–Crippen LogP) is 1.74. The van der Waals surface area contributed by atoms with Gasteiger partial charge in [-0.2, -0.15) is 0 Å². The number of nitrogens with zero attached hydrogens (tertiary/aromatic N) is 1. The van der Waals surface area contributed by atoms with E-state index in [0.717, 1.165) is 28.6 Å². The molecular formula is C12H14N2O. The molecule has 15 heavy (non-hydrogen) atoms. The van der Waals surface area contributed by atoms with Crippen molar-refractivity contribution in [1.82, 2.24) is 4.98 Å². The van der Waals surface area contributed by atoms with Crippen LogP contribution < -0.4 is 10.5 Å². The van der Waals surface area contributed by atoms with Crippen molar-refractivity contribution < 1.29 is 4.74 Å². The lowest BCUT2D eigenvalue weighted by molar-refractivity contribution is 0.410. The molecule has 3 nitrogen and oxygen atoms in total. The number of methoxy groups -OCH3 is 1. The molecule has 78 valence electrons. The lowest BCUT2D eigenvalue weighted by Crippen LogP contribution is -2.05. The summed E-state index contributed by atoms with van der Waals surface area (Å²) in [6, 6.07) is 7.96. The molecular weight excluding hydrogens is 188 g/mol. The van der Waals surface area contributed by atoms with Gasteiger partial charge in [0.1, 0.15) is 5.75 Å². The first-order valence-corrected chi connectivity index (χ1v) is 4.97. The van der Waals surface area contributed by atoms with Gasteiger partial charge in [0, 0.05) is 17.1 Å². The van der Waals surface area contributed by atoms with Gasteiger partial charge in [-0.05, 0) is 31.2 Å². The maximum atomic E-state index is 5.59. The summed E-state index contributed by atoms with van der Waals surface area (Å²) in [5.74, 6) is 0.867. The minimum atomic E-state index is 0.603. The lowest BCUT2D eigenvalue weighted by Gasteiger charge is -2.09. The topological polar surface area (TPSA) is 48.1 Å². The molecule has 0 radical (unpaired) electrons. The Labute approximate surface area is 88.9 Å². The van der Waals surface area contributed by atoms with E-state index < -0.39 is 0 Å². The molecule has 0 fully saturated rings. The summed E-state index contributed by atoms with van der Waals surface area (Å²) < 4.78 is 5.31. The average Bonchev–Trinajstić information content (AvgIpc) is 2.30. The molecule has 0 aliphatic rings. The number of hydrogen-bond acceptors (Lipinski definition) is 3. The number of pyridine rings is 1. The van der Waals surface area contributed by atoms with E-state index >= 15 is 0 Å². The van der Waals surface area contributed by atoms with Crippen molar-refractivity contribution in [3.63, 3.8) is 0 Å². The third-order valence-electron chi connectivity index (χ3n) is 2.45. The van der Waals surface area contributed by atoms with E-state index in [2.05, 4.69) is 4.98 Å². The molecule has 1 aromatic heterocycles. The van der Waals surface area contributed by atoms with Crippen LogP contribution in [0.2, 0.25) is 0 Å². The highest BCUT2D eigenvalue weighted by atomic mass is 16.5. The Balaban J connectivity index is 2.67. The van der Waals surface area contributed by atoms with Gasteiger partial charge in [-0.3, -0.25) is 4.98 Å². The summed E-state index contributed by atoms with van der Waals surface area (Å²) in [6.45, 7) is 0.603. The number of fused-ring (bicyclic) bond motifs is 1. The minimum absolute atomic E-state index is 0.603. The van der Waals surface area contributed by atoms with E-state index in [0.29, 0.717) is 6.54 Å². The van der Waals surface area contributed by atoms with Crippen LogP contribution in [0.15, 0.2) is 30.5 Å². The van der Waals surface area contributed by atoms with Gasteiger partial charge in [0.15, 0.2) is 0 Å². The Kier molecular flexibility index (Phi) is 2.83. The van der Waals surface area contributed by atoms with Crippen LogP contribution in [-0.4, -0.2) is 18.6 Å². The van der Waals surface area contributed by atoms with Crippen molar-refractivity contribution in [2.24, 2.45) is 5.73 Å². The molecule has 0 aliphatic carbocycles. The van der Waals surface area contributed by atoms with Gasteiger partial charge in [-0.1, -0.05) is 6.07 Å². The molecule has 0 spiro atoms. The van der Waals surface area contributed by atoms with E-state index in [-0.39, 0.29) is 0 Å². The third kappa shape index (κ3) is 1.78. The maximum Gasteiger partial charge on any atom is 0.124 e. The van der Waals surface area contributed by atoms with Crippen molar-refractivity contribution >= 4 is 10.9 Å². The molecule has 0 amide bonds. The van der Waals surface area contributed by atoms with E-state index in [4.69, 9.17) is 10.5 Å². The first-order chi connectivity index (χ1) is 7.36. The first-order valence-electron chi connectivity index (χ1n) is 4.97. The molecule has 0 unspecified atom stereocenters. The van der Waals surface area contributed by atoms with Crippen molar-refractivity contribution in [3.05, 3.63) is 36.0 Å². The first kappa shape index (κ1) is 9.93. The largest absolute Gasteiger partial charge is 0.496 e. The molecule has 0 saturated heterocycles. The normalized spacial score (nSPS) is 10.5. The highest BCUT2D eigenvalue weighted by Crippen LogP contribution is 2.26. The van der Waals surface area contributed by atoms with Crippen LogP contribution in [0.3, 0.4) is 0 Å². The Bertz CT molecular complexity index is 468. The number of aromatic nitrogens is 1. The minimum Gasteiger partial charge on any atom is -0.496 e. The Morgan fingerprint density at radius 1 is 1.33 bits per heavy atom. The average molecular weight is 202 g/mol. The van der Waals surface area contributed by atoms with Crippen LogP contribution in [0.1, 0.15) is 5.56 Å². The van der Waals surface area contributed by atoms with Gasteiger partial charge >= 0.3 is 0 Å². The standard InChI is InChI=1S/C12H14N2O/c1-15-11-5-4-9-3-2-8-14-12(9)10(11)6-7-13/h2-5,8H,6-7,13H2,1H3. The molecule has 1 heterocycles. The summed E-state index contributed by atoms with van der Waals surface area (Å²) in [7, 11) is 1.67. The van der Waals surface area contributed by atoms with Crippen molar-refractivity contribution in [2.75, 3.05) is 13.7 Å². The second kappa shape index (κ2) is 4.28. The van der Waals surface area contributed by atoms with Crippen LogP contribution in [0.4, 0.5) is 0 Å². The fraction of sp³-hybridized carbons (Fsp3) is 0.250. The number of nitrogens with two attached hydrogens (primary N) is 1. The monoisotopic (exact) mass is 202 g/mol. The molecule has 0 bridgehead atoms. The Hall–Kier alpha value is -1.61. The van der Waals surface area contributed by atoms with Gasteiger partial charge < -0.3 is 10.5 Å². The Morgan fingerprint density at radius 2 is 2.20 bits per heavy atom. The maximum absolute atomic E-state index is 5.59. The van der Waals surface area contributed by atoms with Gasteiger partial charge in [0.25, 0.3) is 0 Å². The summed E-state index contributed by atoms with van der Waals surface area (Å²) in [5, 5.41) is 1.13. The summed E-state index contributed by atoms with van der Waals surface area (Å²) in [6.07, 6.45) is 2.58. The van der Waals surface area contributed by atoms with Gasteiger partial charge in [0.2, 0.25) is 0 Å². The van der Waals surface area contributed by atoms with E-state index in [1.54, 1.807) is 13.3 Å². The van der Waals surface area contributed by atoms with Crippen molar-refractivity contribution in [3.8, 4) is 5.75 Å². The second-order valence-electron chi connectivity index (χ2n) is 3.36. The fourth-order valence-electron chi connectivity index (χ4n) is 1.76. The van der Waals surface area contributed by atoms with Crippen LogP contribution in [0.25, 0.3) is 10.9 Å². The van der Waals surface area contributed by atoms with Gasteiger partial charge in [0.05, 0.1) is 12.6 Å². The number of hydrogen-bond donors (Lipinski definition) is 1. The molecule has 0 atom stereocenters. The van der Waals surface area contributed by atoms with Crippen LogP contribution in [-0.2, 0) is 6.42 Å². The highest BCUT2D eigenvalue weighted by Gasteiger charge is 2.07.